The van der Waals surface area contributed by atoms with Crippen LogP contribution in [0, 0.1) is 0 Å². The molecule has 0 heterocycles. The Morgan fingerprint density at radius 3 is 2.24 bits per heavy atom. The van der Waals surface area contributed by atoms with Gasteiger partial charge in [0.15, 0.2) is 0 Å². The van der Waals surface area contributed by atoms with Crippen LogP contribution in [-0.4, -0.2) is 31.6 Å². The highest BCUT2D eigenvalue weighted by Gasteiger charge is 2.12. The van der Waals surface area contributed by atoms with Gasteiger partial charge in [-0.1, -0.05) is 30.3 Å². The van der Waals surface area contributed by atoms with Crippen molar-refractivity contribution >= 4 is 26.9 Å². The van der Waals surface area contributed by atoms with E-state index in [1.54, 1.807) is 30.3 Å². The summed E-state index contributed by atoms with van der Waals surface area (Å²) >= 11 is 0. The highest BCUT2D eigenvalue weighted by atomic mass is 32.2. The van der Waals surface area contributed by atoms with Gasteiger partial charge in [-0.05, 0) is 5.56 Å². The summed E-state index contributed by atoms with van der Waals surface area (Å²) in [7, 11) is -2.51. The van der Waals surface area contributed by atoms with Crippen molar-refractivity contribution in [2.24, 2.45) is 0 Å². The first-order valence-electron chi connectivity index (χ1n) is 4.70. The molecule has 0 amide bonds. The highest BCUT2D eigenvalue weighted by Crippen LogP contribution is 2.01. The van der Waals surface area contributed by atoms with E-state index in [1.807, 2.05) is 0 Å². The molecule has 0 aliphatic heterocycles. The number of benzene rings is 1. The van der Waals surface area contributed by atoms with Crippen LogP contribution in [0.1, 0.15) is 12.5 Å². The van der Waals surface area contributed by atoms with Gasteiger partial charge < -0.3 is 4.74 Å². The molecule has 0 saturated heterocycles. The number of ketones is 1. The molecule has 5 nitrogen and oxygen atoms in total. The number of carbonyl (C=O) groups excluding carboxylic acids is 2. The van der Waals surface area contributed by atoms with Crippen molar-refractivity contribution in [1.29, 1.82) is 0 Å². The minimum atomic E-state index is -2.51. The maximum atomic E-state index is 11.0. The summed E-state index contributed by atoms with van der Waals surface area (Å²) in [5.41, 5.74) is 0.428. The molecule has 0 unspecified atom stereocenters. The van der Waals surface area contributed by atoms with Gasteiger partial charge >= 0.3 is 5.97 Å². The van der Waals surface area contributed by atoms with Crippen LogP contribution >= 0.6 is 0 Å². The summed E-state index contributed by atoms with van der Waals surface area (Å²) in [6.07, 6.45) is 0. The first-order valence-corrected chi connectivity index (χ1v) is 5.78. The van der Waals surface area contributed by atoms with Gasteiger partial charge in [-0.3, -0.25) is 4.79 Å². The molecule has 1 aromatic rings. The van der Waals surface area contributed by atoms with Crippen molar-refractivity contribution < 1.29 is 22.7 Å². The number of Topliss-reactive ketones (excluding diaryl/α,β-unsaturated/α-hetero) is 1. The van der Waals surface area contributed by atoms with Crippen LogP contribution in [0.15, 0.2) is 30.3 Å². The fourth-order valence-electron chi connectivity index (χ4n) is 1.08. The number of hydrogen-bond donors (Lipinski definition) is 0. The van der Waals surface area contributed by atoms with E-state index in [4.69, 9.17) is 0 Å². The van der Waals surface area contributed by atoms with Crippen molar-refractivity contribution in [2.75, 3.05) is 6.61 Å². The van der Waals surface area contributed by atoms with E-state index in [0.29, 0.717) is 5.56 Å². The monoisotopic (exact) mass is 254 g/mol. The molecule has 0 bridgehead atoms. The first kappa shape index (κ1) is 13.1. The summed E-state index contributed by atoms with van der Waals surface area (Å²) in [6, 6.07) is 8.21. The van der Waals surface area contributed by atoms with Gasteiger partial charge in [0.1, 0.15) is 11.5 Å². The SMILES string of the molecule is CC(=O)C(=O)OCC(c1ccccc1)=S(=O)=O. The molecular weight excluding hydrogens is 244 g/mol. The van der Waals surface area contributed by atoms with E-state index < -0.39 is 28.7 Å². The standard InChI is InChI=1S/C11H10O5S/c1-8(12)11(13)16-7-10(17(14)15)9-5-3-2-4-6-9/h2-6H,7H2,1H3. The van der Waals surface area contributed by atoms with Gasteiger partial charge in [0, 0.05) is 6.92 Å². The van der Waals surface area contributed by atoms with Crippen molar-refractivity contribution in [1.82, 2.24) is 0 Å². The van der Waals surface area contributed by atoms with Crippen molar-refractivity contribution in [2.45, 2.75) is 6.92 Å². The molecule has 0 atom stereocenters. The van der Waals surface area contributed by atoms with Gasteiger partial charge in [0.05, 0.1) is 0 Å². The predicted molar refractivity (Wildman–Crippen MR) is 61.1 cm³/mol. The molecule has 17 heavy (non-hydrogen) atoms. The molecule has 0 N–H and O–H groups in total. The lowest BCUT2D eigenvalue weighted by Gasteiger charge is -2.03. The zero-order valence-corrected chi connectivity index (χ0v) is 9.86. The number of ether oxygens (including phenoxy) is 1. The van der Waals surface area contributed by atoms with E-state index in [1.165, 1.54) is 0 Å². The lowest BCUT2D eigenvalue weighted by molar-refractivity contribution is -0.151. The molecule has 0 aromatic heterocycles. The fourth-order valence-corrected chi connectivity index (χ4v) is 1.57. The molecule has 1 rings (SSSR count). The molecule has 0 fully saturated rings. The molecule has 0 aliphatic rings. The Kier molecular flexibility index (Phi) is 4.59. The van der Waals surface area contributed by atoms with Crippen LogP contribution in [0.2, 0.25) is 0 Å². The maximum absolute atomic E-state index is 11.0. The minimum absolute atomic E-state index is 0.0693. The summed E-state index contributed by atoms with van der Waals surface area (Å²) in [5.74, 6) is -1.82. The summed E-state index contributed by atoms with van der Waals surface area (Å²) in [6.45, 7) is 0.608. The van der Waals surface area contributed by atoms with Crippen molar-refractivity contribution in [3.8, 4) is 0 Å². The first-order chi connectivity index (χ1) is 8.02. The molecule has 0 radical (unpaired) electrons. The second kappa shape index (κ2) is 5.95. The predicted octanol–water partition coefficient (Wildman–Crippen LogP) is 0.218. The quantitative estimate of drug-likeness (QED) is 0.332. The Labute approximate surface area is 99.6 Å². The number of esters is 1. The van der Waals surface area contributed by atoms with Crippen molar-refractivity contribution in [3.05, 3.63) is 35.9 Å². The summed E-state index contributed by atoms with van der Waals surface area (Å²) < 4.78 is 26.5. The number of rotatable bonds is 4. The van der Waals surface area contributed by atoms with Gasteiger partial charge in [-0.25, -0.2) is 4.79 Å². The lowest BCUT2D eigenvalue weighted by atomic mass is 10.2. The minimum Gasteiger partial charge on any atom is -0.454 e. The van der Waals surface area contributed by atoms with Crippen LogP contribution in [0.25, 0.3) is 0 Å². The molecular formula is C11H10O5S. The van der Waals surface area contributed by atoms with E-state index in [0.717, 1.165) is 6.92 Å². The van der Waals surface area contributed by atoms with E-state index in [2.05, 4.69) is 4.74 Å². The average Bonchev–Trinajstić information content (AvgIpc) is 2.29. The largest absolute Gasteiger partial charge is 0.454 e. The Morgan fingerprint density at radius 2 is 1.76 bits per heavy atom. The van der Waals surface area contributed by atoms with Gasteiger partial charge in [-0.2, -0.15) is 8.42 Å². The molecule has 90 valence electrons. The van der Waals surface area contributed by atoms with Crippen LogP contribution in [0.5, 0.6) is 0 Å². The number of carbonyl (C=O) groups is 2. The van der Waals surface area contributed by atoms with Crippen LogP contribution in [-0.2, 0) is 24.6 Å². The highest BCUT2D eigenvalue weighted by molar-refractivity contribution is 7.73. The zero-order chi connectivity index (χ0) is 12.8. The van der Waals surface area contributed by atoms with Crippen LogP contribution in [0.3, 0.4) is 0 Å². The third kappa shape index (κ3) is 3.84. The molecule has 0 spiro atoms. The lowest BCUT2D eigenvalue weighted by Crippen LogP contribution is -2.20. The maximum Gasteiger partial charge on any atom is 0.374 e. The second-order valence-electron chi connectivity index (χ2n) is 3.16. The average molecular weight is 254 g/mol. The van der Waals surface area contributed by atoms with Gasteiger partial charge in [0.25, 0.3) is 0 Å². The molecule has 0 aliphatic carbocycles. The zero-order valence-electron chi connectivity index (χ0n) is 9.04. The van der Waals surface area contributed by atoms with E-state index >= 15 is 0 Å². The topological polar surface area (TPSA) is 77.5 Å². The molecule has 0 saturated carbocycles. The third-order valence-corrected chi connectivity index (χ3v) is 2.67. The smallest absolute Gasteiger partial charge is 0.374 e. The normalized spacial score (nSPS) is 9.47. The molecule has 6 heteroatoms. The van der Waals surface area contributed by atoms with E-state index in [9.17, 15) is 18.0 Å². The van der Waals surface area contributed by atoms with Gasteiger partial charge in [0.2, 0.25) is 16.1 Å². The summed E-state index contributed by atoms with van der Waals surface area (Å²) in [4.78, 5) is 21.5. The fraction of sp³-hybridized carbons (Fsp3) is 0.182. The molecule has 1 aromatic carbocycles. The Hall–Kier alpha value is -1.95. The Morgan fingerprint density at radius 1 is 1.18 bits per heavy atom. The Bertz CT molecular complexity index is 549. The van der Waals surface area contributed by atoms with Crippen LogP contribution in [0.4, 0.5) is 0 Å². The third-order valence-electron chi connectivity index (χ3n) is 1.92. The van der Waals surface area contributed by atoms with Crippen LogP contribution < -0.4 is 0 Å². The van der Waals surface area contributed by atoms with Gasteiger partial charge in [-0.15, -0.1) is 0 Å². The second-order valence-corrected chi connectivity index (χ2v) is 4.12. The van der Waals surface area contributed by atoms with E-state index in [-0.39, 0.29) is 4.86 Å². The Balaban J connectivity index is 2.89. The number of hydrogen-bond acceptors (Lipinski definition) is 5. The van der Waals surface area contributed by atoms with Crippen molar-refractivity contribution in [3.63, 3.8) is 0 Å². The summed E-state index contributed by atoms with van der Waals surface area (Å²) in [5, 5.41) is 0.